The molecule has 1 heterocycles. The molecule has 0 aliphatic heterocycles. The Kier molecular flexibility index (Phi) is 6.54. The topological polar surface area (TPSA) is 67.0 Å². The van der Waals surface area contributed by atoms with Gasteiger partial charge < -0.3 is 14.6 Å². The summed E-state index contributed by atoms with van der Waals surface area (Å²) >= 11 is 0. The molecular formula is C23H27N3O2. The predicted molar refractivity (Wildman–Crippen MR) is 111 cm³/mol. The molecule has 1 saturated carbocycles. The van der Waals surface area contributed by atoms with Crippen molar-refractivity contribution in [1.82, 2.24) is 4.57 Å². The lowest BCUT2D eigenvalue weighted by Crippen LogP contribution is -2.15. The van der Waals surface area contributed by atoms with Crippen molar-refractivity contribution < 1.29 is 9.53 Å². The summed E-state index contributed by atoms with van der Waals surface area (Å²) in [5, 5.41) is 11.4. The van der Waals surface area contributed by atoms with Gasteiger partial charge in [0.25, 0.3) is 0 Å². The Balaban J connectivity index is 1.63. The Morgan fingerprint density at radius 1 is 1.25 bits per heavy atom. The molecular weight excluding hydrogens is 350 g/mol. The van der Waals surface area contributed by atoms with E-state index in [1.54, 1.807) is 30.3 Å². The number of aromatic nitrogens is 1. The number of carbonyl (C=O) groups excluding carboxylic acids is 1. The normalized spacial score (nSPS) is 14.8. The van der Waals surface area contributed by atoms with Crippen molar-refractivity contribution in [2.45, 2.75) is 52.0 Å². The highest BCUT2D eigenvalue weighted by molar-refractivity contribution is 6.02. The first-order valence-electron chi connectivity index (χ1n) is 9.86. The lowest BCUT2D eigenvalue weighted by molar-refractivity contribution is -0.111. The molecule has 1 amide bonds. The molecule has 3 rings (SSSR count). The van der Waals surface area contributed by atoms with Gasteiger partial charge in [-0.1, -0.05) is 19.3 Å². The van der Waals surface area contributed by atoms with Crippen molar-refractivity contribution in [3.8, 4) is 11.8 Å². The fraction of sp³-hybridized carbons (Fsp3) is 0.391. The molecule has 1 aliphatic carbocycles. The van der Waals surface area contributed by atoms with E-state index in [9.17, 15) is 4.79 Å². The molecule has 1 aromatic heterocycles. The molecule has 0 radical (unpaired) electrons. The summed E-state index contributed by atoms with van der Waals surface area (Å²) in [6.07, 6.45) is 9.90. The minimum Gasteiger partial charge on any atom is -0.479 e. The summed E-state index contributed by atoms with van der Waals surface area (Å²) in [5.41, 5.74) is 4.27. The van der Waals surface area contributed by atoms with Gasteiger partial charge in [0.05, 0.1) is 0 Å². The van der Waals surface area contributed by atoms with Crippen LogP contribution < -0.4 is 10.1 Å². The molecule has 5 heteroatoms. The average molecular weight is 377 g/mol. The number of aryl methyl sites for hydroxylation is 1. The first-order chi connectivity index (χ1) is 13.6. The maximum Gasteiger partial charge on any atom is 0.248 e. The first kappa shape index (κ1) is 19.8. The Bertz CT molecular complexity index is 882. The van der Waals surface area contributed by atoms with E-state index in [1.165, 1.54) is 43.5 Å². The molecule has 0 saturated heterocycles. The molecule has 0 spiro atoms. The van der Waals surface area contributed by atoms with Crippen LogP contribution in [0.25, 0.3) is 6.08 Å². The van der Waals surface area contributed by atoms with Crippen molar-refractivity contribution >= 4 is 17.7 Å². The zero-order chi connectivity index (χ0) is 19.9. The monoisotopic (exact) mass is 377 g/mol. The smallest absolute Gasteiger partial charge is 0.248 e. The minimum absolute atomic E-state index is 0.00765. The fourth-order valence-electron chi connectivity index (χ4n) is 3.97. The van der Waals surface area contributed by atoms with Gasteiger partial charge in [-0.2, -0.15) is 5.26 Å². The summed E-state index contributed by atoms with van der Waals surface area (Å²) < 4.78 is 7.65. The number of ether oxygens (including phenoxy) is 1. The molecule has 0 unspecified atom stereocenters. The van der Waals surface area contributed by atoms with Crippen LogP contribution in [-0.4, -0.2) is 17.1 Å². The summed E-state index contributed by atoms with van der Waals surface area (Å²) in [6, 6.07) is 11.7. The largest absolute Gasteiger partial charge is 0.479 e. The van der Waals surface area contributed by atoms with Crippen LogP contribution in [0.15, 0.2) is 36.4 Å². The number of benzene rings is 1. The van der Waals surface area contributed by atoms with Gasteiger partial charge in [0.2, 0.25) is 5.91 Å². The number of rotatable bonds is 6. The van der Waals surface area contributed by atoms with Crippen LogP contribution in [0.3, 0.4) is 0 Å². The van der Waals surface area contributed by atoms with Crippen LogP contribution in [0, 0.1) is 25.2 Å². The Morgan fingerprint density at radius 2 is 1.96 bits per heavy atom. The predicted octanol–water partition coefficient (Wildman–Crippen LogP) is 5.16. The van der Waals surface area contributed by atoms with E-state index in [0.717, 1.165) is 5.56 Å². The number of hydrogen-bond acceptors (Lipinski definition) is 3. The molecule has 5 nitrogen and oxygen atoms in total. The maximum absolute atomic E-state index is 12.3. The van der Waals surface area contributed by atoms with Crippen LogP contribution in [-0.2, 0) is 4.79 Å². The standard InChI is InChI=1S/C23H27N3O2/c1-17-16-19(18(2)26(17)21-6-4-3-5-7-21)8-13-23(27)25-20-9-11-22(12-10-20)28-15-14-24/h8-13,16,21H,3-7,15H2,1-2H3,(H,25,27)/b13-8+. The maximum atomic E-state index is 12.3. The lowest BCUT2D eigenvalue weighted by Gasteiger charge is -2.26. The van der Waals surface area contributed by atoms with Crippen LogP contribution >= 0.6 is 0 Å². The van der Waals surface area contributed by atoms with Gasteiger partial charge in [-0.25, -0.2) is 0 Å². The van der Waals surface area contributed by atoms with Crippen molar-refractivity contribution in [3.05, 3.63) is 53.4 Å². The summed E-state index contributed by atoms with van der Waals surface area (Å²) in [4.78, 5) is 12.3. The van der Waals surface area contributed by atoms with Crippen molar-refractivity contribution in [3.63, 3.8) is 0 Å². The Morgan fingerprint density at radius 3 is 2.64 bits per heavy atom. The van der Waals surface area contributed by atoms with Crippen LogP contribution in [0.2, 0.25) is 0 Å². The van der Waals surface area contributed by atoms with E-state index in [2.05, 4.69) is 29.8 Å². The molecule has 1 aliphatic rings. The van der Waals surface area contributed by atoms with Crippen LogP contribution in [0.4, 0.5) is 5.69 Å². The van der Waals surface area contributed by atoms with Gasteiger partial charge in [0.15, 0.2) is 6.61 Å². The van der Waals surface area contributed by atoms with E-state index in [-0.39, 0.29) is 12.5 Å². The highest BCUT2D eigenvalue weighted by Crippen LogP contribution is 2.32. The van der Waals surface area contributed by atoms with E-state index in [0.29, 0.717) is 17.5 Å². The van der Waals surface area contributed by atoms with Gasteiger partial charge in [-0.3, -0.25) is 4.79 Å². The van der Waals surface area contributed by atoms with Crippen molar-refractivity contribution in [2.75, 3.05) is 11.9 Å². The summed E-state index contributed by atoms with van der Waals surface area (Å²) in [6.45, 7) is 4.29. The second kappa shape index (κ2) is 9.27. The molecule has 0 atom stereocenters. The van der Waals surface area contributed by atoms with Crippen LogP contribution in [0.5, 0.6) is 5.75 Å². The number of nitrogens with zero attached hydrogens (tertiary/aromatic N) is 2. The Labute approximate surface area is 166 Å². The second-order valence-electron chi connectivity index (χ2n) is 7.28. The van der Waals surface area contributed by atoms with E-state index >= 15 is 0 Å². The van der Waals surface area contributed by atoms with Gasteiger partial charge in [0.1, 0.15) is 11.8 Å². The molecule has 1 N–H and O–H groups in total. The van der Waals surface area contributed by atoms with Gasteiger partial charge in [0, 0.05) is 29.2 Å². The third kappa shape index (κ3) is 4.83. The van der Waals surface area contributed by atoms with Crippen molar-refractivity contribution in [1.29, 1.82) is 5.26 Å². The number of amides is 1. The Hall–Kier alpha value is -3.00. The van der Waals surface area contributed by atoms with Gasteiger partial charge >= 0.3 is 0 Å². The average Bonchev–Trinajstić information content (AvgIpc) is 3.00. The molecule has 146 valence electrons. The van der Waals surface area contributed by atoms with E-state index in [1.807, 2.05) is 12.1 Å². The molecule has 0 bridgehead atoms. The van der Waals surface area contributed by atoms with Crippen molar-refractivity contribution in [2.24, 2.45) is 0 Å². The van der Waals surface area contributed by atoms with Crippen LogP contribution in [0.1, 0.15) is 55.1 Å². The summed E-state index contributed by atoms with van der Waals surface area (Å²) in [7, 11) is 0. The van der Waals surface area contributed by atoms with E-state index < -0.39 is 0 Å². The number of hydrogen-bond donors (Lipinski definition) is 1. The lowest BCUT2D eigenvalue weighted by atomic mass is 9.95. The zero-order valence-electron chi connectivity index (χ0n) is 16.6. The molecule has 28 heavy (non-hydrogen) atoms. The van der Waals surface area contributed by atoms with E-state index in [4.69, 9.17) is 10.00 Å². The fourth-order valence-corrected chi connectivity index (χ4v) is 3.97. The van der Waals surface area contributed by atoms with Gasteiger partial charge in [-0.05, 0) is 68.7 Å². The third-order valence-electron chi connectivity index (χ3n) is 5.30. The molecule has 1 fully saturated rings. The first-order valence-corrected chi connectivity index (χ1v) is 9.86. The second-order valence-corrected chi connectivity index (χ2v) is 7.28. The zero-order valence-corrected chi connectivity index (χ0v) is 16.6. The van der Waals surface area contributed by atoms with Gasteiger partial charge in [-0.15, -0.1) is 0 Å². The number of anilines is 1. The summed E-state index contributed by atoms with van der Waals surface area (Å²) in [5.74, 6) is 0.429. The SMILES string of the molecule is Cc1cc(/C=C/C(=O)Nc2ccc(OCC#N)cc2)c(C)n1C1CCCCC1. The highest BCUT2D eigenvalue weighted by atomic mass is 16.5. The number of nitrogens with one attached hydrogen (secondary N) is 1. The minimum atomic E-state index is -0.173. The molecule has 1 aromatic carbocycles. The highest BCUT2D eigenvalue weighted by Gasteiger charge is 2.19. The quantitative estimate of drug-likeness (QED) is 0.707. The third-order valence-corrected chi connectivity index (χ3v) is 5.30. The number of nitriles is 1. The molecule has 2 aromatic rings. The number of carbonyl (C=O) groups is 1.